The van der Waals surface area contributed by atoms with Gasteiger partial charge in [0.15, 0.2) is 0 Å². The lowest BCUT2D eigenvalue weighted by Gasteiger charge is -2.23. The molecule has 1 rings (SSSR count). The van der Waals surface area contributed by atoms with Gasteiger partial charge < -0.3 is 10.1 Å². The molecule has 94 valence electrons. The summed E-state index contributed by atoms with van der Waals surface area (Å²) in [4.78, 5) is 11.8. The molecule has 0 aliphatic heterocycles. The molecule has 1 amide bonds. The molecule has 1 aromatic carbocycles. The van der Waals surface area contributed by atoms with E-state index in [4.69, 9.17) is 16.3 Å². The Bertz CT molecular complexity index is 421. The number of ether oxygens (including phenoxy) is 1. The summed E-state index contributed by atoms with van der Waals surface area (Å²) in [7, 11) is 1.62. The first-order valence-electron chi connectivity index (χ1n) is 5.14. The van der Waals surface area contributed by atoms with Crippen molar-refractivity contribution in [2.24, 2.45) is 0 Å². The highest BCUT2D eigenvalue weighted by Crippen LogP contribution is 2.23. The maximum absolute atomic E-state index is 11.8. The van der Waals surface area contributed by atoms with E-state index < -0.39 is 0 Å². The number of carbonyl (C=O) groups is 1. The van der Waals surface area contributed by atoms with Crippen molar-refractivity contribution in [2.45, 2.75) is 19.4 Å². The molecule has 0 fully saturated rings. The molecule has 0 aliphatic rings. The quantitative estimate of drug-likeness (QED) is 0.925. The summed E-state index contributed by atoms with van der Waals surface area (Å²) in [5.41, 5.74) is 0.187. The highest BCUT2D eigenvalue weighted by atomic mass is 79.9. The van der Waals surface area contributed by atoms with E-state index in [0.29, 0.717) is 21.6 Å². The van der Waals surface area contributed by atoms with Crippen LogP contribution in [0, 0.1) is 0 Å². The SMILES string of the molecule is COC(C)(C)CNC(=O)c1ccc(Cl)c(Br)c1. The third-order valence-electron chi connectivity index (χ3n) is 2.41. The molecule has 0 unspecified atom stereocenters. The van der Waals surface area contributed by atoms with Gasteiger partial charge in [0.25, 0.3) is 5.91 Å². The van der Waals surface area contributed by atoms with Crippen molar-refractivity contribution >= 4 is 33.4 Å². The van der Waals surface area contributed by atoms with Crippen LogP contribution in [0.2, 0.25) is 5.02 Å². The predicted octanol–water partition coefficient (Wildman–Crippen LogP) is 3.26. The first-order valence-corrected chi connectivity index (χ1v) is 6.31. The molecule has 0 heterocycles. The van der Waals surface area contributed by atoms with E-state index in [-0.39, 0.29) is 11.5 Å². The van der Waals surface area contributed by atoms with Crippen LogP contribution in [-0.2, 0) is 4.74 Å². The molecular weight excluding hydrogens is 305 g/mol. The minimum absolute atomic E-state index is 0.146. The Kier molecular flexibility index (Phi) is 4.98. The predicted molar refractivity (Wildman–Crippen MR) is 72.6 cm³/mol. The van der Waals surface area contributed by atoms with E-state index in [2.05, 4.69) is 21.2 Å². The fourth-order valence-corrected chi connectivity index (χ4v) is 1.60. The van der Waals surface area contributed by atoms with E-state index in [1.165, 1.54) is 0 Å². The zero-order valence-corrected chi connectivity index (χ0v) is 12.4. The molecule has 1 N–H and O–H groups in total. The summed E-state index contributed by atoms with van der Waals surface area (Å²) in [6.45, 7) is 4.26. The van der Waals surface area contributed by atoms with Crippen molar-refractivity contribution in [3.8, 4) is 0 Å². The maximum atomic E-state index is 11.8. The number of hydrogen-bond acceptors (Lipinski definition) is 2. The molecule has 0 atom stereocenters. The zero-order chi connectivity index (χ0) is 13.1. The summed E-state index contributed by atoms with van der Waals surface area (Å²) in [6.07, 6.45) is 0. The van der Waals surface area contributed by atoms with Crippen molar-refractivity contribution in [1.82, 2.24) is 5.32 Å². The molecule has 0 spiro atoms. The number of rotatable bonds is 4. The smallest absolute Gasteiger partial charge is 0.251 e. The fourth-order valence-electron chi connectivity index (χ4n) is 1.10. The van der Waals surface area contributed by atoms with Gasteiger partial charge in [0, 0.05) is 23.7 Å². The monoisotopic (exact) mass is 319 g/mol. The first-order chi connectivity index (χ1) is 7.85. The van der Waals surface area contributed by atoms with Gasteiger partial charge in [0.1, 0.15) is 0 Å². The van der Waals surface area contributed by atoms with Gasteiger partial charge in [-0.05, 0) is 48.0 Å². The van der Waals surface area contributed by atoms with Crippen LogP contribution < -0.4 is 5.32 Å². The van der Waals surface area contributed by atoms with Crippen LogP contribution in [0.5, 0.6) is 0 Å². The molecule has 0 aliphatic carbocycles. The Hall–Kier alpha value is -0.580. The van der Waals surface area contributed by atoms with E-state index in [0.717, 1.165) is 0 Å². The van der Waals surface area contributed by atoms with Crippen molar-refractivity contribution in [3.05, 3.63) is 33.3 Å². The molecule has 0 radical (unpaired) electrons. The molecule has 1 aromatic rings. The summed E-state index contributed by atoms with van der Waals surface area (Å²) < 4.78 is 5.93. The maximum Gasteiger partial charge on any atom is 0.251 e. The van der Waals surface area contributed by atoms with Gasteiger partial charge in [-0.1, -0.05) is 11.6 Å². The van der Waals surface area contributed by atoms with Gasteiger partial charge in [-0.3, -0.25) is 4.79 Å². The Morgan fingerprint density at radius 1 is 1.53 bits per heavy atom. The average molecular weight is 321 g/mol. The number of carbonyl (C=O) groups excluding carboxylic acids is 1. The second-order valence-electron chi connectivity index (χ2n) is 4.28. The standard InChI is InChI=1S/C12H15BrClNO2/c1-12(2,17-3)7-15-11(16)8-4-5-10(14)9(13)6-8/h4-6H,7H2,1-3H3,(H,15,16). The molecule has 0 saturated heterocycles. The number of nitrogens with one attached hydrogen (secondary N) is 1. The van der Waals surface area contributed by atoms with Crippen LogP contribution >= 0.6 is 27.5 Å². The number of hydrogen-bond donors (Lipinski definition) is 1. The normalized spacial score (nSPS) is 11.4. The van der Waals surface area contributed by atoms with Crippen LogP contribution in [0.1, 0.15) is 24.2 Å². The highest BCUT2D eigenvalue weighted by molar-refractivity contribution is 9.10. The van der Waals surface area contributed by atoms with Crippen LogP contribution in [0.4, 0.5) is 0 Å². The molecule has 0 saturated carbocycles. The molecular formula is C12H15BrClNO2. The summed E-state index contributed by atoms with van der Waals surface area (Å²) in [5.74, 6) is -0.146. The molecule has 17 heavy (non-hydrogen) atoms. The largest absolute Gasteiger partial charge is 0.377 e. The Balaban J connectivity index is 2.68. The number of methoxy groups -OCH3 is 1. The van der Waals surface area contributed by atoms with Crippen molar-refractivity contribution in [2.75, 3.05) is 13.7 Å². The lowest BCUT2D eigenvalue weighted by Crippen LogP contribution is -2.39. The van der Waals surface area contributed by atoms with E-state index in [9.17, 15) is 4.79 Å². The lowest BCUT2D eigenvalue weighted by molar-refractivity contribution is 0.0229. The lowest BCUT2D eigenvalue weighted by atomic mass is 10.1. The average Bonchev–Trinajstić information content (AvgIpc) is 2.30. The summed E-state index contributed by atoms with van der Waals surface area (Å²) >= 11 is 9.14. The van der Waals surface area contributed by atoms with Crippen LogP contribution in [0.15, 0.2) is 22.7 Å². The van der Waals surface area contributed by atoms with Crippen molar-refractivity contribution < 1.29 is 9.53 Å². The topological polar surface area (TPSA) is 38.3 Å². The van der Waals surface area contributed by atoms with E-state index in [1.54, 1.807) is 25.3 Å². The summed E-state index contributed by atoms with van der Waals surface area (Å²) in [6, 6.07) is 5.06. The van der Waals surface area contributed by atoms with Gasteiger partial charge in [0.2, 0.25) is 0 Å². The second-order valence-corrected chi connectivity index (χ2v) is 5.54. The molecule has 5 heteroatoms. The van der Waals surface area contributed by atoms with Gasteiger partial charge in [-0.2, -0.15) is 0 Å². The van der Waals surface area contributed by atoms with Crippen LogP contribution in [-0.4, -0.2) is 25.2 Å². The van der Waals surface area contributed by atoms with E-state index in [1.807, 2.05) is 13.8 Å². The second kappa shape index (κ2) is 5.85. The van der Waals surface area contributed by atoms with Gasteiger partial charge in [0.05, 0.1) is 10.6 Å². The first kappa shape index (κ1) is 14.5. The van der Waals surface area contributed by atoms with Gasteiger partial charge in [-0.15, -0.1) is 0 Å². The Morgan fingerprint density at radius 2 is 2.18 bits per heavy atom. The minimum Gasteiger partial charge on any atom is -0.377 e. The number of halogens is 2. The third-order valence-corrected chi connectivity index (χ3v) is 3.62. The Morgan fingerprint density at radius 3 is 2.71 bits per heavy atom. The number of amides is 1. The van der Waals surface area contributed by atoms with Crippen molar-refractivity contribution in [1.29, 1.82) is 0 Å². The number of benzene rings is 1. The minimum atomic E-state index is -0.376. The fraction of sp³-hybridized carbons (Fsp3) is 0.417. The molecule has 0 bridgehead atoms. The Labute approximate surface area is 115 Å². The van der Waals surface area contributed by atoms with Crippen LogP contribution in [0.25, 0.3) is 0 Å². The molecule has 3 nitrogen and oxygen atoms in total. The third kappa shape index (κ3) is 4.30. The van der Waals surface area contributed by atoms with E-state index >= 15 is 0 Å². The van der Waals surface area contributed by atoms with Crippen LogP contribution in [0.3, 0.4) is 0 Å². The summed E-state index contributed by atoms with van der Waals surface area (Å²) in [5, 5.41) is 3.39. The van der Waals surface area contributed by atoms with Gasteiger partial charge in [-0.25, -0.2) is 0 Å². The van der Waals surface area contributed by atoms with Crippen molar-refractivity contribution in [3.63, 3.8) is 0 Å². The van der Waals surface area contributed by atoms with Gasteiger partial charge >= 0.3 is 0 Å². The zero-order valence-electron chi connectivity index (χ0n) is 10.0. The highest BCUT2D eigenvalue weighted by Gasteiger charge is 2.18. The molecule has 0 aromatic heterocycles.